The first-order valence-electron chi connectivity index (χ1n) is 6.89. The van der Waals surface area contributed by atoms with Crippen LogP contribution in [0.1, 0.15) is 20.8 Å². The molecule has 2 heterocycles. The Morgan fingerprint density at radius 1 is 1.62 bits per heavy atom. The second-order valence-corrected chi connectivity index (χ2v) is 5.81. The zero-order valence-electron chi connectivity index (χ0n) is 12.4. The third kappa shape index (κ3) is 3.39. The zero-order chi connectivity index (χ0) is 15.6. The molecule has 0 spiro atoms. The summed E-state index contributed by atoms with van der Waals surface area (Å²) in [6.45, 7) is 7.10. The second kappa shape index (κ2) is 6.07. The zero-order valence-corrected chi connectivity index (χ0v) is 13.2. The van der Waals surface area contributed by atoms with Crippen molar-refractivity contribution in [3.63, 3.8) is 0 Å². The number of nitrogens with zero attached hydrogens (tertiary/aromatic N) is 3. The quantitative estimate of drug-likeness (QED) is 0.866. The lowest BCUT2D eigenvalue weighted by atomic mass is 10.2. The van der Waals surface area contributed by atoms with Crippen molar-refractivity contribution < 1.29 is 14.6 Å². The predicted octanol–water partition coefficient (Wildman–Crippen LogP) is 2.68. The van der Waals surface area contributed by atoms with Gasteiger partial charge in [-0.2, -0.15) is 0 Å². The lowest BCUT2D eigenvalue weighted by Gasteiger charge is -2.33. The van der Waals surface area contributed by atoms with E-state index in [4.69, 9.17) is 16.3 Å². The smallest absolute Gasteiger partial charge is 0.409 e. The lowest BCUT2D eigenvalue weighted by molar-refractivity contribution is -0.0417. The first-order valence-corrected chi connectivity index (χ1v) is 7.26. The maximum absolute atomic E-state index is 11.5. The van der Waals surface area contributed by atoms with E-state index in [9.17, 15) is 9.90 Å². The number of likely N-dealkylation sites (N-methyl/N-ethyl adjacent to an activating group) is 1. The Hall–Kier alpha value is -1.53. The number of carboxylic acid groups (broad SMARTS) is 1. The van der Waals surface area contributed by atoms with Crippen LogP contribution in [0.3, 0.4) is 0 Å². The second-order valence-electron chi connectivity index (χ2n) is 5.42. The maximum atomic E-state index is 11.5. The maximum Gasteiger partial charge on any atom is 0.409 e. The molecule has 21 heavy (non-hydrogen) atoms. The van der Waals surface area contributed by atoms with Crippen LogP contribution in [0.5, 0.6) is 0 Å². The van der Waals surface area contributed by atoms with Crippen molar-refractivity contribution in [1.29, 1.82) is 0 Å². The number of rotatable bonds is 4. The minimum absolute atomic E-state index is 0.238. The number of pyridine rings is 1. The highest BCUT2D eigenvalue weighted by atomic mass is 35.5. The van der Waals surface area contributed by atoms with E-state index >= 15 is 0 Å². The Morgan fingerprint density at radius 3 is 2.90 bits per heavy atom. The summed E-state index contributed by atoms with van der Waals surface area (Å²) in [5.74, 6) is 0.736. The van der Waals surface area contributed by atoms with E-state index in [1.165, 1.54) is 4.90 Å². The molecule has 0 aliphatic carbocycles. The van der Waals surface area contributed by atoms with Gasteiger partial charge in [0.05, 0.1) is 12.6 Å². The molecule has 1 atom stereocenters. The van der Waals surface area contributed by atoms with Crippen molar-refractivity contribution in [2.45, 2.75) is 32.5 Å². The van der Waals surface area contributed by atoms with E-state index in [1.54, 1.807) is 19.9 Å². The molecule has 6 nitrogen and oxygen atoms in total. The van der Waals surface area contributed by atoms with Gasteiger partial charge in [-0.1, -0.05) is 17.7 Å². The van der Waals surface area contributed by atoms with Gasteiger partial charge in [-0.25, -0.2) is 9.78 Å². The molecule has 0 saturated carbocycles. The Labute approximate surface area is 129 Å². The van der Waals surface area contributed by atoms with Gasteiger partial charge < -0.3 is 14.7 Å². The van der Waals surface area contributed by atoms with Crippen molar-refractivity contribution in [3.05, 3.63) is 23.4 Å². The number of hydrogen-bond acceptors (Lipinski definition) is 4. The van der Waals surface area contributed by atoms with Gasteiger partial charge in [-0.05, 0) is 32.9 Å². The summed E-state index contributed by atoms with van der Waals surface area (Å²) in [6, 6.07) is 5.17. The van der Waals surface area contributed by atoms with E-state index < -0.39 is 11.8 Å². The van der Waals surface area contributed by atoms with Crippen LogP contribution in [0, 0.1) is 0 Å². The average Bonchev–Trinajstić information content (AvgIpc) is 2.70. The Balaban J connectivity index is 2.17. The third-order valence-electron chi connectivity index (χ3n) is 3.62. The molecule has 1 fully saturated rings. The fourth-order valence-corrected chi connectivity index (χ4v) is 2.78. The van der Waals surface area contributed by atoms with E-state index in [0.717, 1.165) is 5.82 Å². The molecule has 1 aromatic heterocycles. The number of amides is 1. The molecule has 1 aliphatic rings. The van der Waals surface area contributed by atoms with Gasteiger partial charge in [-0.3, -0.25) is 4.90 Å². The highest BCUT2D eigenvalue weighted by molar-refractivity contribution is 6.29. The molecule has 2 rings (SSSR count). The fraction of sp³-hybridized carbons (Fsp3) is 0.571. The van der Waals surface area contributed by atoms with Crippen LogP contribution in [-0.2, 0) is 4.74 Å². The van der Waals surface area contributed by atoms with Crippen LogP contribution in [-0.4, -0.2) is 52.5 Å². The van der Waals surface area contributed by atoms with Crippen LogP contribution in [0.15, 0.2) is 18.2 Å². The van der Waals surface area contributed by atoms with Crippen molar-refractivity contribution in [2.24, 2.45) is 0 Å². The molecule has 1 aromatic rings. The van der Waals surface area contributed by atoms with Crippen molar-refractivity contribution in [2.75, 3.05) is 24.6 Å². The molecular formula is C14H20ClN3O3. The number of aromatic nitrogens is 1. The number of ether oxygens (including phenoxy) is 1. The Bertz CT molecular complexity index is 524. The number of carbonyl (C=O) groups is 1. The summed E-state index contributed by atoms with van der Waals surface area (Å²) in [7, 11) is 0. The lowest BCUT2D eigenvalue weighted by Crippen LogP contribution is -2.51. The molecule has 1 amide bonds. The molecule has 116 valence electrons. The van der Waals surface area contributed by atoms with Crippen molar-refractivity contribution >= 4 is 23.5 Å². The molecule has 1 saturated heterocycles. The molecule has 0 bridgehead atoms. The monoisotopic (exact) mass is 313 g/mol. The summed E-state index contributed by atoms with van der Waals surface area (Å²) in [5.41, 5.74) is -0.808. The highest BCUT2D eigenvalue weighted by Gasteiger charge is 2.44. The molecular weight excluding hydrogens is 294 g/mol. The molecule has 1 aliphatic heterocycles. The Kier molecular flexibility index (Phi) is 4.58. The third-order valence-corrected chi connectivity index (χ3v) is 3.83. The summed E-state index contributed by atoms with van der Waals surface area (Å²) >= 11 is 5.92. The summed E-state index contributed by atoms with van der Waals surface area (Å²) in [5, 5.41) is 9.83. The van der Waals surface area contributed by atoms with E-state index in [-0.39, 0.29) is 6.04 Å². The first-order chi connectivity index (χ1) is 9.85. The molecule has 0 unspecified atom stereocenters. The number of hydrogen-bond donors (Lipinski definition) is 1. The summed E-state index contributed by atoms with van der Waals surface area (Å²) in [4.78, 5) is 19.1. The SMILES string of the molecule is CCN(C[C@H]1COC(C)(C)N1C(=O)O)c1cccc(Cl)n1. The molecule has 0 radical (unpaired) electrons. The van der Waals surface area contributed by atoms with Crippen LogP contribution in [0.2, 0.25) is 5.15 Å². The molecule has 1 N–H and O–H groups in total. The largest absolute Gasteiger partial charge is 0.465 e. The predicted molar refractivity (Wildman–Crippen MR) is 80.8 cm³/mol. The average molecular weight is 314 g/mol. The van der Waals surface area contributed by atoms with Gasteiger partial charge in [0.1, 0.15) is 16.7 Å². The fourth-order valence-electron chi connectivity index (χ4n) is 2.62. The topological polar surface area (TPSA) is 65.9 Å². The van der Waals surface area contributed by atoms with E-state index in [2.05, 4.69) is 4.98 Å². The summed E-state index contributed by atoms with van der Waals surface area (Å²) < 4.78 is 5.60. The van der Waals surface area contributed by atoms with Crippen LogP contribution >= 0.6 is 11.6 Å². The number of anilines is 1. The van der Waals surface area contributed by atoms with Crippen molar-refractivity contribution in [3.8, 4) is 0 Å². The number of halogens is 1. The van der Waals surface area contributed by atoms with Gasteiger partial charge in [-0.15, -0.1) is 0 Å². The standard InChI is InChI=1S/C14H20ClN3O3/c1-4-17(12-7-5-6-11(15)16-12)8-10-9-21-14(2,3)18(10)13(19)20/h5-7,10H,4,8-9H2,1-3H3,(H,19,20)/t10-/m0/s1. The van der Waals surface area contributed by atoms with Gasteiger partial charge in [0.2, 0.25) is 0 Å². The minimum atomic E-state index is -0.974. The van der Waals surface area contributed by atoms with Crippen molar-refractivity contribution in [1.82, 2.24) is 9.88 Å². The van der Waals surface area contributed by atoms with Gasteiger partial charge in [0, 0.05) is 13.1 Å². The van der Waals surface area contributed by atoms with E-state index in [1.807, 2.05) is 24.0 Å². The molecule has 0 aromatic carbocycles. The van der Waals surface area contributed by atoms with Crippen LogP contribution in [0.25, 0.3) is 0 Å². The van der Waals surface area contributed by atoms with Gasteiger partial charge >= 0.3 is 6.09 Å². The highest BCUT2D eigenvalue weighted by Crippen LogP contribution is 2.28. The Morgan fingerprint density at radius 2 is 2.33 bits per heavy atom. The van der Waals surface area contributed by atoms with Crippen LogP contribution < -0.4 is 4.90 Å². The minimum Gasteiger partial charge on any atom is -0.465 e. The van der Waals surface area contributed by atoms with Gasteiger partial charge in [0.15, 0.2) is 0 Å². The summed E-state index contributed by atoms with van der Waals surface area (Å²) in [6.07, 6.45) is -0.974. The van der Waals surface area contributed by atoms with Crippen LogP contribution in [0.4, 0.5) is 10.6 Å². The van der Waals surface area contributed by atoms with Gasteiger partial charge in [0.25, 0.3) is 0 Å². The van der Waals surface area contributed by atoms with E-state index in [0.29, 0.717) is 24.8 Å². The normalized spacial score (nSPS) is 20.6. The first kappa shape index (κ1) is 15.9. The molecule has 7 heteroatoms.